The van der Waals surface area contributed by atoms with Gasteiger partial charge < -0.3 is 25.2 Å². The summed E-state index contributed by atoms with van der Waals surface area (Å²) in [6.07, 6.45) is -0.0979. The van der Waals surface area contributed by atoms with E-state index in [1.807, 2.05) is 0 Å². The van der Waals surface area contributed by atoms with E-state index in [0.29, 0.717) is 11.1 Å². The summed E-state index contributed by atoms with van der Waals surface area (Å²) in [7, 11) is 0. The predicted molar refractivity (Wildman–Crippen MR) is 80.5 cm³/mol. The first-order valence-electron chi connectivity index (χ1n) is 6.86. The molecule has 6 nitrogen and oxygen atoms in total. The van der Waals surface area contributed by atoms with Crippen LogP contribution in [0.4, 0.5) is 0 Å². The number of carbonyl (C=O) groups is 1. The van der Waals surface area contributed by atoms with Gasteiger partial charge in [0, 0.05) is 6.42 Å². The summed E-state index contributed by atoms with van der Waals surface area (Å²) >= 11 is 0. The zero-order valence-corrected chi connectivity index (χ0v) is 11.9. The molecule has 0 saturated carbocycles. The van der Waals surface area contributed by atoms with Crippen LogP contribution in [0.3, 0.4) is 0 Å². The highest BCUT2D eigenvalue weighted by Gasteiger charge is 2.47. The van der Waals surface area contributed by atoms with E-state index in [1.54, 1.807) is 12.1 Å². The molecule has 1 aliphatic heterocycles. The highest BCUT2D eigenvalue weighted by molar-refractivity contribution is 6.01. The van der Waals surface area contributed by atoms with E-state index in [4.69, 9.17) is 4.74 Å². The van der Waals surface area contributed by atoms with Crippen molar-refractivity contribution < 1.29 is 30.0 Å². The Labute approximate surface area is 131 Å². The molecule has 118 valence electrons. The third-order valence-electron chi connectivity index (χ3n) is 3.62. The number of hydrogen-bond donors (Lipinski definition) is 4. The number of phenolic OH excluding ortho intramolecular Hbond substituents is 2. The van der Waals surface area contributed by atoms with Gasteiger partial charge >= 0.3 is 5.97 Å². The molecule has 0 radical (unpaired) electrons. The van der Waals surface area contributed by atoms with Gasteiger partial charge in [0.1, 0.15) is 11.5 Å². The molecule has 1 heterocycles. The molecule has 23 heavy (non-hydrogen) atoms. The number of cyclic esters (lactones) is 1. The number of hydrogen-bond acceptors (Lipinski definition) is 6. The van der Waals surface area contributed by atoms with Crippen LogP contribution in [0.2, 0.25) is 0 Å². The normalized spacial score (nSPS) is 20.7. The maximum absolute atomic E-state index is 11.7. The van der Waals surface area contributed by atoms with Crippen molar-refractivity contribution in [3.63, 3.8) is 0 Å². The first kappa shape index (κ1) is 14.9. The van der Waals surface area contributed by atoms with E-state index < -0.39 is 17.5 Å². The zero-order valence-electron chi connectivity index (χ0n) is 11.9. The molecule has 1 atom stereocenters. The lowest BCUT2D eigenvalue weighted by atomic mass is 9.92. The number of aliphatic hydroxyl groups is 2. The van der Waals surface area contributed by atoms with Crippen LogP contribution in [0.15, 0.2) is 54.3 Å². The van der Waals surface area contributed by atoms with Crippen molar-refractivity contribution in [3.05, 3.63) is 65.4 Å². The molecule has 0 aromatic heterocycles. The number of phenols is 2. The third kappa shape index (κ3) is 2.72. The summed E-state index contributed by atoms with van der Waals surface area (Å²) < 4.78 is 4.96. The van der Waals surface area contributed by atoms with Gasteiger partial charge in [0.15, 0.2) is 0 Å². The molecule has 0 spiro atoms. The monoisotopic (exact) mass is 314 g/mol. The fourth-order valence-electron chi connectivity index (χ4n) is 2.55. The lowest BCUT2D eigenvalue weighted by Crippen LogP contribution is -2.33. The highest BCUT2D eigenvalue weighted by Crippen LogP contribution is 2.40. The van der Waals surface area contributed by atoms with Crippen LogP contribution in [0.25, 0.3) is 5.57 Å². The molecule has 0 aliphatic carbocycles. The van der Waals surface area contributed by atoms with Crippen molar-refractivity contribution in [3.8, 4) is 11.5 Å². The SMILES string of the molecule is O=C1OC(O)(Cc2ccc(O)cc2)C(c2ccc(O)cc2)=C1O. The second-order valence-electron chi connectivity index (χ2n) is 5.29. The summed E-state index contributed by atoms with van der Waals surface area (Å²) in [5.74, 6) is -3.64. The Kier molecular flexibility index (Phi) is 3.46. The van der Waals surface area contributed by atoms with Gasteiger partial charge in [-0.25, -0.2) is 4.79 Å². The third-order valence-corrected chi connectivity index (χ3v) is 3.62. The Balaban J connectivity index is 2.01. The van der Waals surface area contributed by atoms with Gasteiger partial charge in [0.25, 0.3) is 0 Å². The molecule has 4 N–H and O–H groups in total. The van der Waals surface area contributed by atoms with Crippen LogP contribution < -0.4 is 0 Å². The average molecular weight is 314 g/mol. The van der Waals surface area contributed by atoms with Crippen molar-refractivity contribution in [2.24, 2.45) is 0 Å². The number of rotatable bonds is 3. The fraction of sp³-hybridized carbons (Fsp3) is 0.118. The Morgan fingerprint density at radius 3 is 1.96 bits per heavy atom. The molecule has 0 saturated heterocycles. The second kappa shape index (κ2) is 5.33. The molecule has 1 aliphatic rings. The number of ether oxygens (including phenoxy) is 1. The molecule has 0 fully saturated rings. The van der Waals surface area contributed by atoms with Crippen molar-refractivity contribution >= 4 is 11.5 Å². The number of esters is 1. The Bertz CT molecular complexity index is 776. The molecular weight excluding hydrogens is 300 g/mol. The quantitative estimate of drug-likeness (QED) is 0.644. The Hall–Kier alpha value is -2.99. The molecule has 1 unspecified atom stereocenters. The Morgan fingerprint density at radius 1 is 0.870 bits per heavy atom. The maximum Gasteiger partial charge on any atom is 0.376 e. The summed E-state index contributed by atoms with van der Waals surface area (Å²) in [6, 6.07) is 11.7. The molecule has 3 rings (SSSR count). The Morgan fingerprint density at radius 2 is 1.39 bits per heavy atom. The van der Waals surface area contributed by atoms with Gasteiger partial charge in [-0.1, -0.05) is 24.3 Å². The van der Waals surface area contributed by atoms with Crippen LogP contribution in [-0.2, 0) is 16.0 Å². The second-order valence-corrected chi connectivity index (χ2v) is 5.29. The molecule has 2 aromatic carbocycles. The van der Waals surface area contributed by atoms with Crippen molar-refractivity contribution in [2.75, 3.05) is 0 Å². The first-order valence-corrected chi connectivity index (χ1v) is 6.86. The van der Waals surface area contributed by atoms with Crippen LogP contribution in [0.1, 0.15) is 11.1 Å². The fourth-order valence-corrected chi connectivity index (χ4v) is 2.55. The molecule has 0 bridgehead atoms. The molecule has 2 aromatic rings. The lowest BCUT2D eigenvalue weighted by molar-refractivity contribution is -0.176. The van der Waals surface area contributed by atoms with Gasteiger partial charge in [-0.05, 0) is 35.4 Å². The first-order chi connectivity index (χ1) is 10.9. The number of carbonyl (C=O) groups excluding carboxylic acids is 1. The van der Waals surface area contributed by atoms with E-state index in [9.17, 15) is 25.2 Å². The minimum Gasteiger partial charge on any atom is -0.508 e. The van der Waals surface area contributed by atoms with Gasteiger partial charge in [0.2, 0.25) is 11.5 Å². The van der Waals surface area contributed by atoms with E-state index in [2.05, 4.69) is 0 Å². The van der Waals surface area contributed by atoms with E-state index in [0.717, 1.165) is 0 Å². The highest BCUT2D eigenvalue weighted by atomic mass is 16.7. The maximum atomic E-state index is 11.7. The van der Waals surface area contributed by atoms with Crippen LogP contribution in [0, 0.1) is 0 Å². The van der Waals surface area contributed by atoms with E-state index in [-0.39, 0.29) is 23.5 Å². The number of aromatic hydroxyl groups is 2. The molecule has 0 amide bonds. The average Bonchev–Trinajstić information content (AvgIpc) is 2.73. The van der Waals surface area contributed by atoms with Crippen molar-refractivity contribution in [1.82, 2.24) is 0 Å². The van der Waals surface area contributed by atoms with Crippen LogP contribution in [-0.4, -0.2) is 32.2 Å². The lowest BCUT2D eigenvalue weighted by Gasteiger charge is -2.24. The van der Waals surface area contributed by atoms with Gasteiger partial charge in [-0.3, -0.25) is 0 Å². The summed E-state index contributed by atoms with van der Waals surface area (Å²) in [5.41, 5.74) is 0.895. The summed E-state index contributed by atoms with van der Waals surface area (Å²) in [6.45, 7) is 0. The van der Waals surface area contributed by atoms with Crippen LogP contribution >= 0.6 is 0 Å². The zero-order chi connectivity index (χ0) is 16.6. The summed E-state index contributed by atoms with van der Waals surface area (Å²) in [5, 5.41) is 39.4. The van der Waals surface area contributed by atoms with Gasteiger partial charge in [0.05, 0.1) is 5.57 Å². The van der Waals surface area contributed by atoms with Crippen LogP contribution in [0.5, 0.6) is 11.5 Å². The number of benzene rings is 2. The number of aliphatic hydroxyl groups excluding tert-OH is 1. The molecule has 6 heteroatoms. The predicted octanol–water partition coefficient (Wildman–Crippen LogP) is 1.85. The smallest absolute Gasteiger partial charge is 0.376 e. The van der Waals surface area contributed by atoms with E-state index in [1.165, 1.54) is 36.4 Å². The summed E-state index contributed by atoms with van der Waals surface area (Å²) in [4.78, 5) is 11.7. The standard InChI is InChI=1S/C17H14O6/c18-12-5-1-10(2-6-12)9-17(22)14(15(20)16(21)23-17)11-3-7-13(19)8-4-11/h1-8,18-20,22H,9H2. The topological polar surface area (TPSA) is 107 Å². The largest absolute Gasteiger partial charge is 0.508 e. The van der Waals surface area contributed by atoms with Crippen molar-refractivity contribution in [1.29, 1.82) is 0 Å². The minimum absolute atomic E-state index is 0.0150. The molecular formula is C17H14O6. The van der Waals surface area contributed by atoms with Gasteiger partial charge in [-0.15, -0.1) is 0 Å². The van der Waals surface area contributed by atoms with Gasteiger partial charge in [-0.2, -0.15) is 0 Å². The minimum atomic E-state index is -2.03. The van der Waals surface area contributed by atoms with E-state index >= 15 is 0 Å². The van der Waals surface area contributed by atoms with Crippen molar-refractivity contribution in [2.45, 2.75) is 12.2 Å².